The number of likely N-dealkylation sites (N-methyl/N-ethyl adjacent to an activating group) is 1. The average Bonchev–Trinajstić information content (AvgIpc) is 3.39. The molecule has 0 bridgehead atoms. The van der Waals surface area contributed by atoms with Gasteiger partial charge in [-0.1, -0.05) is 37.3 Å². The maximum Gasteiger partial charge on any atom is 0.258 e. The zero-order valence-electron chi connectivity index (χ0n) is 21.3. The fraction of sp³-hybridized carbons (Fsp3) is 0.423. The average molecular weight is 508 g/mol. The number of fused-ring (bicyclic) bond motifs is 1. The first-order valence-corrected chi connectivity index (χ1v) is 12.3. The van der Waals surface area contributed by atoms with Gasteiger partial charge in [-0.2, -0.15) is 0 Å². The molecule has 196 valence electrons. The van der Waals surface area contributed by atoms with Crippen LogP contribution in [0.3, 0.4) is 0 Å². The van der Waals surface area contributed by atoms with Gasteiger partial charge in [0.15, 0.2) is 0 Å². The molecule has 0 unspecified atom stereocenters. The normalized spacial score (nSPS) is 18.5. The lowest BCUT2D eigenvalue weighted by molar-refractivity contribution is -0.116. The molecule has 4 rings (SSSR count). The predicted molar refractivity (Wildman–Crippen MR) is 137 cm³/mol. The highest BCUT2D eigenvalue weighted by molar-refractivity contribution is 5.99. The summed E-state index contributed by atoms with van der Waals surface area (Å²) in [5.74, 6) is -0.125. The maximum atomic E-state index is 13.6. The molecule has 0 radical (unpaired) electrons. The van der Waals surface area contributed by atoms with Gasteiger partial charge in [-0.3, -0.25) is 14.5 Å². The highest BCUT2D eigenvalue weighted by Gasteiger charge is 2.33. The Morgan fingerprint density at radius 3 is 2.76 bits per heavy atom. The number of amides is 2. The highest BCUT2D eigenvalue weighted by atomic mass is 16.5. The van der Waals surface area contributed by atoms with E-state index in [0.29, 0.717) is 30.1 Å². The third-order valence-corrected chi connectivity index (χ3v) is 6.43. The molecule has 3 aromatic rings. The predicted octanol–water partition coefficient (Wildman–Crippen LogP) is 1.66. The van der Waals surface area contributed by atoms with E-state index in [4.69, 9.17) is 4.74 Å². The number of hydrogen-bond donors (Lipinski definition) is 2. The number of carbonyl (C=O) groups is 2. The third kappa shape index (κ3) is 6.69. The van der Waals surface area contributed by atoms with Crippen molar-refractivity contribution in [3.63, 3.8) is 0 Å². The van der Waals surface area contributed by atoms with Crippen molar-refractivity contribution in [2.75, 3.05) is 32.1 Å². The van der Waals surface area contributed by atoms with Crippen LogP contribution in [0.4, 0.5) is 5.69 Å². The van der Waals surface area contributed by atoms with E-state index in [1.807, 2.05) is 32.2 Å². The second-order valence-electron chi connectivity index (χ2n) is 9.57. The molecule has 1 aromatic heterocycles. The molecule has 0 fully saturated rings. The molecule has 0 saturated heterocycles. The summed E-state index contributed by atoms with van der Waals surface area (Å²) in [6, 6.07) is 14.9. The number of benzene rings is 2. The van der Waals surface area contributed by atoms with E-state index in [0.717, 1.165) is 6.54 Å². The number of nitrogens with zero attached hydrogens (tertiary/aromatic N) is 6. The van der Waals surface area contributed by atoms with Gasteiger partial charge in [0.2, 0.25) is 5.91 Å². The standard InChI is InChI=1S/C26H33N7O4/c1-18-12-33(19(2)16-34)26(36)22-11-21(28-25(35)15-32-17-27-29-30-32)9-10-23(22)37-24(18)14-31(3)13-20-7-5-4-6-8-20/h4-11,17-19,24,34H,12-16H2,1-3H3,(H,28,35)/t18-,19-,24-/m1/s1. The molecule has 37 heavy (non-hydrogen) atoms. The molecule has 0 saturated carbocycles. The molecule has 1 aliphatic heterocycles. The Labute approximate surface area is 216 Å². The van der Waals surface area contributed by atoms with Crippen LogP contribution in [-0.4, -0.2) is 85.8 Å². The minimum absolute atomic E-state index is 0.0139. The molecule has 2 amide bonds. The number of tetrazole rings is 1. The summed E-state index contributed by atoms with van der Waals surface area (Å²) in [7, 11) is 2.05. The molecule has 0 spiro atoms. The van der Waals surface area contributed by atoms with Crippen LogP contribution in [0.1, 0.15) is 29.8 Å². The van der Waals surface area contributed by atoms with Crippen molar-refractivity contribution in [3.8, 4) is 5.75 Å². The van der Waals surface area contributed by atoms with Gasteiger partial charge in [0.1, 0.15) is 24.7 Å². The van der Waals surface area contributed by atoms with Crippen LogP contribution in [0.2, 0.25) is 0 Å². The van der Waals surface area contributed by atoms with E-state index in [9.17, 15) is 14.7 Å². The number of rotatable bonds is 9. The fourth-order valence-corrected chi connectivity index (χ4v) is 4.39. The van der Waals surface area contributed by atoms with Crippen LogP contribution >= 0.6 is 0 Å². The van der Waals surface area contributed by atoms with Crippen LogP contribution < -0.4 is 10.1 Å². The molecular formula is C26H33N7O4. The zero-order chi connectivity index (χ0) is 26.4. The molecule has 0 aliphatic carbocycles. The van der Waals surface area contributed by atoms with Crippen molar-refractivity contribution < 1.29 is 19.4 Å². The van der Waals surface area contributed by atoms with Gasteiger partial charge in [0.05, 0.1) is 18.2 Å². The van der Waals surface area contributed by atoms with E-state index in [1.165, 1.54) is 16.6 Å². The number of anilines is 1. The molecule has 2 N–H and O–H groups in total. The lowest BCUT2D eigenvalue weighted by Gasteiger charge is -2.38. The zero-order valence-corrected chi connectivity index (χ0v) is 21.3. The molecular weight excluding hydrogens is 474 g/mol. The van der Waals surface area contributed by atoms with Gasteiger partial charge in [-0.15, -0.1) is 5.10 Å². The van der Waals surface area contributed by atoms with Gasteiger partial charge in [0, 0.05) is 31.2 Å². The first-order valence-electron chi connectivity index (χ1n) is 12.3. The summed E-state index contributed by atoms with van der Waals surface area (Å²) >= 11 is 0. The Hall–Kier alpha value is -3.83. The summed E-state index contributed by atoms with van der Waals surface area (Å²) in [6.07, 6.45) is 1.15. The minimum atomic E-state index is -0.373. The van der Waals surface area contributed by atoms with Gasteiger partial charge in [-0.05, 0) is 48.2 Å². The molecule has 11 heteroatoms. The Balaban J connectivity index is 1.57. The molecule has 1 aliphatic rings. The lowest BCUT2D eigenvalue weighted by atomic mass is 9.99. The first-order chi connectivity index (χ1) is 17.8. The Morgan fingerprint density at radius 2 is 2.05 bits per heavy atom. The van der Waals surface area contributed by atoms with E-state index >= 15 is 0 Å². The van der Waals surface area contributed by atoms with Crippen molar-refractivity contribution >= 4 is 17.5 Å². The highest BCUT2D eigenvalue weighted by Crippen LogP contribution is 2.30. The van der Waals surface area contributed by atoms with Crippen molar-refractivity contribution in [2.45, 2.75) is 39.1 Å². The second-order valence-corrected chi connectivity index (χ2v) is 9.57. The summed E-state index contributed by atoms with van der Waals surface area (Å²) in [5, 5.41) is 23.4. The largest absolute Gasteiger partial charge is 0.488 e. The van der Waals surface area contributed by atoms with E-state index < -0.39 is 0 Å². The quantitative estimate of drug-likeness (QED) is 0.448. The van der Waals surface area contributed by atoms with Crippen molar-refractivity contribution in [2.24, 2.45) is 5.92 Å². The SMILES string of the molecule is C[C@@H]1CN([C@H](C)CO)C(=O)c2cc(NC(=O)Cn3cnnn3)ccc2O[C@@H]1CN(C)Cc1ccccc1. The lowest BCUT2D eigenvalue weighted by Crippen LogP contribution is -2.49. The smallest absolute Gasteiger partial charge is 0.258 e. The molecule has 3 atom stereocenters. The number of aromatic nitrogens is 4. The minimum Gasteiger partial charge on any atom is -0.488 e. The number of hydrogen-bond acceptors (Lipinski definition) is 8. The van der Waals surface area contributed by atoms with Crippen LogP contribution in [0, 0.1) is 5.92 Å². The maximum absolute atomic E-state index is 13.6. The second kappa shape index (κ2) is 11.9. The Kier molecular flexibility index (Phi) is 8.47. The number of ether oxygens (including phenoxy) is 1. The van der Waals surface area contributed by atoms with Crippen LogP contribution in [0.5, 0.6) is 5.75 Å². The fourth-order valence-electron chi connectivity index (χ4n) is 4.39. The summed E-state index contributed by atoms with van der Waals surface area (Å²) < 4.78 is 7.75. The Bertz CT molecular complexity index is 1190. The van der Waals surface area contributed by atoms with Crippen molar-refractivity contribution in [1.29, 1.82) is 0 Å². The monoisotopic (exact) mass is 507 g/mol. The van der Waals surface area contributed by atoms with Gasteiger partial charge in [-0.25, -0.2) is 4.68 Å². The third-order valence-electron chi connectivity index (χ3n) is 6.43. The topological polar surface area (TPSA) is 126 Å². The van der Waals surface area contributed by atoms with Gasteiger partial charge >= 0.3 is 0 Å². The first kappa shape index (κ1) is 26.2. The summed E-state index contributed by atoms with van der Waals surface area (Å²) in [4.78, 5) is 29.9. The van der Waals surface area contributed by atoms with E-state index in [2.05, 4.69) is 44.8 Å². The van der Waals surface area contributed by atoms with Gasteiger partial charge in [0.25, 0.3) is 5.91 Å². The van der Waals surface area contributed by atoms with Crippen molar-refractivity contribution in [3.05, 3.63) is 66.0 Å². The molecule has 2 heterocycles. The van der Waals surface area contributed by atoms with Gasteiger partial charge < -0.3 is 20.1 Å². The number of aliphatic hydroxyl groups is 1. The number of carbonyl (C=O) groups excluding carboxylic acids is 2. The van der Waals surface area contributed by atoms with Crippen LogP contribution in [0.25, 0.3) is 0 Å². The van der Waals surface area contributed by atoms with Crippen LogP contribution in [0.15, 0.2) is 54.9 Å². The van der Waals surface area contributed by atoms with Crippen LogP contribution in [-0.2, 0) is 17.9 Å². The molecule has 2 aromatic carbocycles. The Morgan fingerprint density at radius 1 is 1.27 bits per heavy atom. The summed E-state index contributed by atoms with van der Waals surface area (Å²) in [5.41, 5.74) is 2.00. The van der Waals surface area contributed by atoms with E-state index in [1.54, 1.807) is 23.1 Å². The number of aliphatic hydroxyl groups excluding tert-OH is 1. The summed E-state index contributed by atoms with van der Waals surface area (Å²) in [6.45, 7) is 5.51. The van der Waals surface area contributed by atoms with E-state index in [-0.39, 0.29) is 43.0 Å². The molecule has 11 nitrogen and oxygen atoms in total. The number of nitrogens with one attached hydrogen (secondary N) is 1. The van der Waals surface area contributed by atoms with Crippen molar-refractivity contribution in [1.82, 2.24) is 30.0 Å².